The lowest BCUT2D eigenvalue weighted by Gasteiger charge is -2.36. The first-order chi connectivity index (χ1) is 11.5. The van der Waals surface area contributed by atoms with Gasteiger partial charge < -0.3 is 14.6 Å². The molecule has 0 spiro atoms. The fourth-order valence-corrected chi connectivity index (χ4v) is 2.72. The van der Waals surface area contributed by atoms with Crippen molar-refractivity contribution in [3.63, 3.8) is 0 Å². The van der Waals surface area contributed by atoms with Gasteiger partial charge in [0.2, 0.25) is 5.91 Å². The van der Waals surface area contributed by atoms with Gasteiger partial charge in [0.05, 0.1) is 18.8 Å². The van der Waals surface area contributed by atoms with Crippen LogP contribution in [0.3, 0.4) is 0 Å². The Bertz CT molecular complexity index is 701. The Labute approximate surface area is 139 Å². The molecule has 7 heteroatoms. The van der Waals surface area contributed by atoms with E-state index >= 15 is 0 Å². The summed E-state index contributed by atoms with van der Waals surface area (Å²) in [6, 6.07) is 7.60. The number of amides is 1. The molecule has 1 aliphatic rings. The van der Waals surface area contributed by atoms with Crippen molar-refractivity contribution in [2.75, 3.05) is 25.0 Å². The Morgan fingerprint density at radius 2 is 2.17 bits per heavy atom. The van der Waals surface area contributed by atoms with Crippen molar-refractivity contribution in [3.05, 3.63) is 47.5 Å². The molecule has 2 aromatic rings. The van der Waals surface area contributed by atoms with Gasteiger partial charge in [-0.3, -0.25) is 9.69 Å². The number of aryl methyl sites for hydroxylation is 1. The number of nitrogens with zero attached hydrogens (tertiary/aromatic N) is 2. The van der Waals surface area contributed by atoms with Crippen LogP contribution in [0.25, 0.3) is 0 Å². The van der Waals surface area contributed by atoms with E-state index in [4.69, 9.17) is 9.26 Å². The number of halogens is 1. The van der Waals surface area contributed by atoms with Gasteiger partial charge in [-0.1, -0.05) is 17.3 Å². The average Bonchev–Trinajstić information content (AvgIpc) is 3.00. The Balaban J connectivity index is 1.62. The second-order valence-corrected chi connectivity index (χ2v) is 5.89. The highest BCUT2D eigenvalue weighted by atomic mass is 19.1. The summed E-state index contributed by atoms with van der Waals surface area (Å²) >= 11 is 0. The zero-order chi connectivity index (χ0) is 17.1. The fraction of sp³-hybridized carbons (Fsp3) is 0.412. The normalized spacial score (nSPS) is 19.9. The highest BCUT2D eigenvalue weighted by Gasteiger charge is 2.29. The van der Waals surface area contributed by atoms with Gasteiger partial charge >= 0.3 is 0 Å². The Hall–Kier alpha value is -2.25. The summed E-state index contributed by atoms with van der Waals surface area (Å²) in [4.78, 5) is 14.4. The van der Waals surface area contributed by atoms with Crippen LogP contribution in [0, 0.1) is 12.7 Å². The first-order valence-corrected chi connectivity index (χ1v) is 7.88. The van der Waals surface area contributed by atoms with Gasteiger partial charge in [0.1, 0.15) is 11.6 Å². The highest BCUT2D eigenvalue weighted by molar-refractivity contribution is 5.93. The predicted octanol–water partition coefficient (Wildman–Crippen LogP) is 2.52. The topological polar surface area (TPSA) is 67.6 Å². The van der Waals surface area contributed by atoms with E-state index in [2.05, 4.69) is 10.5 Å². The van der Waals surface area contributed by atoms with Crippen LogP contribution >= 0.6 is 0 Å². The molecule has 1 N–H and O–H groups in total. The van der Waals surface area contributed by atoms with Gasteiger partial charge in [-0.2, -0.15) is 0 Å². The molecule has 2 heterocycles. The van der Waals surface area contributed by atoms with Crippen molar-refractivity contribution >= 4 is 11.7 Å². The molecule has 2 unspecified atom stereocenters. The molecular weight excluding hydrogens is 313 g/mol. The van der Waals surface area contributed by atoms with Gasteiger partial charge in [0, 0.05) is 19.2 Å². The van der Waals surface area contributed by atoms with Crippen molar-refractivity contribution in [2.24, 2.45) is 0 Å². The van der Waals surface area contributed by atoms with E-state index in [1.165, 1.54) is 12.1 Å². The number of rotatable bonds is 4. The monoisotopic (exact) mass is 333 g/mol. The van der Waals surface area contributed by atoms with E-state index in [0.717, 1.165) is 5.56 Å². The van der Waals surface area contributed by atoms with Gasteiger partial charge in [-0.15, -0.1) is 0 Å². The van der Waals surface area contributed by atoms with E-state index in [1.54, 1.807) is 25.1 Å². The SMILES string of the molecule is Cc1cc(NC(=O)C(C)N2CCOC(c3ccc(F)cc3)C2)no1. The molecule has 128 valence electrons. The van der Waals surface area contributed by atoms with Crippen LogP contribution in [0.15, 0.2) is 34.9 Å². The summed E-state index contributed by atoms with van der Waals surface area (Å²) in [5, 5.41) is 6.51. The zero-order valence-corrected chi connectivity index (χ0v) is 13.7. The summed E-state index contributed by atoms with van der Waals surface area (Å²) in [5.41, 5.74) is 0.904. The minimum Gasteiger partial charge on any atom is -0.371 e. The number of morpholine rings is 1. The van der Waals surface area contributed by atoms with Crippen LogP contribution in [0.4, 0.5) is 10.2 Å². The lowest BCUT2D eigenvalue weighted by Crippen LogP contribution is -2.48. The van der Waals surface area contributed by atoms with Crippen LogP contribution < -0.4 is 5.32 Å². The Morgan fingerprint density at radius 3 is 2.83 bits per heavy atom. The number of benzene rings is 1. The van der Waals surface area contributed by atoms with Crippen molar-refractivity contribution < 1.29 is 18.4 Å². The summed E-state index contributed by atoms with van der Waals surface area (Å²) < 4.78 is 23.8. The molecule has 1 fully saturated rings. The highest BCUT2D eigenvalue weighted by Crippen LogP contribution is 2.24. The third kappa shape index (κ3) is 3.80. The third-order valence-electron chi connectivity index (χ3n) is 4.15. The second-order valence-electron chi connectivity index (χ2n) is 5.89. The van der Waals surface area contributed by atoms with E-state index in [0.29, 0.717) is 31.3 Å². The molecule has 0 aliphatic carbocycles. The summed E-state index contributed by atoms with van der Waals surface area (Å²) in [7, 11) is 0. The van der Waals surface area contributed by atoms with E-state index < -0.39 is 0 Å². The number of hydrogen-bond donors (Lipinski definition) is 1. The Kier molecular flexibility index (Phi) is 4.92. The number of ether oxygens (including phenoxy) is 1. The largest absolute Gasteiger partial charge is 0.371 e. The maximum atomic E-state index is 13.1. The number of anilines is 1. The fourth-order valence-electron chi connectivity index (χ4n) is 2.72. The molecule has 0 radical (unpaired) electrons. The molecule has 2 atom stereocenters. The lowest BCUT2D eigenvalue weighted by atomic mass is 10.1. The van der Waals surface area contributed by atoms with Crippen LogP contribution in [-0.2, 0) is 9.53 Å². The molecule has 0 bridgehead atoms. The number of carbonyl (C=O) groups is 1. The molecule has 3 rings (SSSR count). The van der Waals surface area contributed by atoms with Gasteiger partial charge in [0.25, 0.3) is 0 Å². The molecule has 1 aliphatic heterocycles. The van der Waals surface area contributed by atoms with Crippen LogP contribution in [0.5, 0.6) is 0 Å². The quantitative estimate of drug-likeness (QED) is 0.931. The number of aromatic nitrogens is 1. The van der Waals surface area contributed by atoms with Crippen molar-refractivity contribution in [1.82, 2.24) is 10.1 Å². The molecule has 1 saturated heterocycles. The second kappa shape index (κ2) is 7.11. The van der Waals surface area contributed by atoms with E-state index in [-0.39, 0.29) is 23.9 Å². The van der Waals surface area contributed by atoms with Crippen LogP contribution in [-0.4, -0.2) is 41.7 Å². The minimum atomic E-state index is -0.339. The molecule has 1 aromatic heterocycles. The molecular formula is C17H20FN3O3. The molecule has 6 nitrogen and oxygen atoms in total. The van der Waals surface area contributed by atoms with Crippen LogP contribution in [0.2, 0.25) is 0 Å². The first kappa shape index (κ1) is 16.6. The third-order valence-corrected chi connectivity index (χ3v) is 4.15. The minimum absolute atomic E-state index is 0.150. The van der Waals surface area contributed by atoms with Crippen molar-refractivity contribution in [2.45, 2.75) is 26.0 Å². The number of nitrogens with one attached hydrogen (secondary N) is 1. The Morgan fingerprint density at radius 1 is 1.42 bits per heavy atom. The molecule has 1 amide bonds. The summed E-state index contributed by atoms with van der Waals surface area (Å²) in [6.07, 6.45) is -0.177. The van der Waals surface area contributed by atoms with Crippen LogP contribution in [0.1, 0.15) is 24.4 Å². The zero-order valence-electron chi connectivity index (χ0n) is 13.7. The van der Waals surface area contributed by atoms with Gasteiger partial charge in [-0.25, -0.2) is 4.39 Å². The lowest BCUT2D eigenvalue weighted by molar-refractivity contribution is -0.124. The van der Waals surface area contributed by atoms with Crippen molar-refractivity contribution in [1.29, 1.82) is 0 Å². The number of hydrogen-bond acceptors (Lipinski definition) is 5. The number of carbonyl (C=O) groups excluding carboxylic acids is 1. The van der Waals surface area contributed by atoms with Gasteiger partial charge in [-0.05, 0) is 31.5 Å². The predicted molar refractivity (Wildman–Crippen MR) is 86.0 cm³/mol. The van der Waals surface area contributed by atoms with E-state index in [9.17, 15) is 9.18 Å². The molecule has 24 heavy (non-hydrogen) atoms. The van der Waals surface area contributed by atoms with Crippen molar-refractivity contribution in [3.8, 4) is 0 Å². The summed E-state index contributed by atoms with van der Waals surface area (Å²) in [6.45, 7) is 5.35. The molecule has 1 aromatic carbocycles. The first-order valence-electron chi connectivity index (χ1n) is 7.88. The maximum Gasteiger partial charge on any atom is 0.242 e. The average molecular weight is 333 g/mol. The van der Waals surface area contributed by atoms with Gasteiger partial charge in [0.15, 0.2) is 5.82 Å². The van der Waals surface area contributed by atoms with E-state index in [1.807, 2.05) is 11.8 Å². The smallest absolute Gasteiger partial charge is 0.242 e. The standard InChI is InChI=1S/C17H20FN3O3/c1-11-9-16(20-24-11)19-17(22)12(2)21-7-8-23-15(10-21)13-3-5-14(18)6-4-13/h3-6,9,12,15H,7-8,10H2,1-2H3,(H,19,20,22). The summed E-state index contributed by atoms with van der Waals surface area (Å²) in [5.74, 6) is 0.624. The molecule has 0 saturated carbocycles. The maximum absolute atomic E-state index is 13.1.